The minimum atomic E-state index is -0.190. The Morgan fingerprint density at radius 3 is 2.68 bits per heavy atom. The normalized spacial score (nSPS) is 10.4. The van der Waals surface area contributed by atoms with Crippen molar-refractivity contribution in [2.75, 3.05) is 20.2 Å². The Morgan fingerprint density at radius 1 is 1.12 bits per heavy atom. The Morgan fingerprint density at radius 2 is 1.92 bits per heavy atom. The van der Waals surface area contributed by atoms with Crippen LogP contribution in [0.2, 0.25) is 0 Å². The van der Waals surface area contributed by atoms with Crippen molar-refractivity contribution in [1.82, 2.24) is 15.6 Å². The molecule has 25 heavy (non-hydrogen) atoms. The second-order valence-corrected chi connectivity index (χ2v) is 5.22. The monoisotopic (exact) mass is 339 g/mol. The zero-order valence-electron chi connectivity index (χ0n) is 14.1. The summed E-state index contributed by atoms with van der Waals surface area (Å²) in [5.74, 6) is 0.352. The topological polar surface area (TPSA) is 80.3 Å². The molecule has 0 saturated heterocycles. The minimum absolute atomic E-state index is 0.171. The van der Waals surface area contributed by atoms with Gasteiger partial charge in [-0.15, -0.1) is 0 Å². The predicted octanol–water partition coefficient (Wildman–Crippen LogP) is 2.04. The zero-order valence-corrected chi connectivity index (χ0v) is 14.1. The van der Waals surface area contributed by atoms with E-state index in [9.17, 15) is 9.59 Å². The fourth-order valence-corrected chi connectivity index (χ4v) is 2.13. The van der Waals surface area contributed by atoms with Gasteiger partial charge in [0.15, 0.2) is 0 Å². The predicted molar refractivity (Wildman–Crippen MR) is 96.2 cm³/mol. The summed E-state index contributed by atoms with van der Waals surface area (Å²) in [6.45, 7) is 0.951. The van der Waals surface area contributed by atoms with E-state index in [0.29, 0.717) is 30.8 Å². The molecule has 2 aromatic rings. The third-order valence-corrected chi connectivity index (χ3v) is 3.42. The second kappa shape index (κ2) is 9.87. The number of para-hydroxylation sites is 1. The van der Waals surface area contributed by atoms with Crippen LogP contribution in [-0.4, -0.2) is 37.0 Å². The first kappa shape index (κ1) is 18.2. The number of benzene rings is 1. The maximum absolute atomic E-state index is 11.8. The lowest BCUT2D eigenvalue weighted by Gasteiger charge is -2.06. The lowest BCUT2D eigenvalue weighted by atomic mass is 10.2. The van der Waals surface area contributed by atoms with Crippen molar-refractivity contribution in [1.29, 1.82) is 0 Å². The molecule has 1 aromatic carbocycles. The quantitative estimate of drug-likeness (QED) is 0.570. The summed E-state index contributed by atoms with van der Waals surface area (Å²) in [4.78, 5) is 27.5. The van der Waals surface area contributed by atoms with Gasteiger partial charge in [0.05, 0.1) is 12.7 Å². The molecule has 0 saturated carbocycles. The Kier molecular flexibility index (Phi) is 7.18. The van der Waals surface area contributed by atoms with Gasteiger partial charge in [-0.2, -0.15) is 0 Å². The van der Waals surface area contributed by atoms with Crippen molar-refractivity contribution in [2.45, 2.75) is 6.42 Å². The number of pyridine rings is 1. The number of methoxy groups -OCH3 is 1. The van der Waals surface area contributed by atoms with Crippen molar-refractivity contribution >= 4 is 17.9 Å². The molecule has 130 valence electrons. The maximum Gasteiger partial charge on any atom is 0.252 e. The van der Waals surface area contributed by atoms with Gasteiger partial charge >= 0.3 is 0 Å². The number of nitrogens with zero attached hydrogens (tertiary/aromatic N) is 1. The average molecular weight is 339 g/mol. The summed E-state index contributed by atoms with van der Waals surface area (Å²) in [6, 6.07) is 10.9. The van der Waals surface area contributed by atoms with Crippen LogP contribution in [0.25, 0.3) is 6.08 Å². The molecule has 1 heterocycles. The van der Waals surface area contributed by atoms with Crippen molar-refractivity contribution in [3.05, 3.63) is 66.0 Å². The standard InChI is InChI=1S/C19H21N3O3/c1-25-17-8-3-2-6-15(17)9-10-18(23)21-12-5-13-22-19(24)16-7-4-11-20-14-16/h2-4,6-11,14H,5,12-13H2,1H3,(H,21,23)(H,22,24)/b10-9+. The Bertz CT molecular complexity index is 730. The molecule has 2 rings (SSSR count). The molecule has 0 atom stereocenters. The largest absolute Gasteiger partial charge is 0.496 e. The number of hydrogen-bond donors (Lipinski definition) is 2. The van der Waals surface area contributed by atoms with Crippen molar-refractivity contribution < 1.29 is 14.3 Å². The van der Waals surface area contributed by atoms with Crippen LogP contribution in [0.3, 0.4) is 0 Å². The summed E-state index contributed by atoms with van der Waals surface area (Å²) < 4.78 is 5.22. The number of amides is 2. The van der Waals surface area contributed by atoms with E-state index >= 15 is 0 Å². The Hall–Kier alpha value is -3.15. The molecule has 2 amide bonds. The number of aromatic nitrogens is 1. The second-order valence-electron chi connectivity index (χ2n) is 5.22. The minimum Gasteiger partial charge on any atom is -0.496 e. The summed E-state index contributed by atoms with van der Waals surface area (Å²) >= 11 is 0. The van der Waals surface area contributed by atoms with Gasteiger partial charge in [-0.3, -0.25) is 14.6 Å². The SMILES string of the molecule is COc1ccccc1/C=C/C(=O)NCCCNC(=O)c1cccnc1. The molecule has 0 aliphatic heterocycles. The third kappa shape index (κ3) is 6.10. The van der Waals surface area contributed by atoms with E-state index in [4.69, 9.17) is 4.74 Å². The first-order valence-corrected chi connectivity index (χ1v) is 7.98. The summed E-state index contributed by atoms with van der Waals surface area (Å²) in [5, 5.41) is 5.55. The fourth-order valence-electron chi connectivity index (χ4n) is 2.13. The van der Waals surface area contributed by atoms with Crippen LogP contribution in [0.1, 0.15) is 22.3 Å². The highest BCUT2D eigenvalue weighted by molar-refractivity contribution is 5.93. The van der Waals surface area contributed by atoms with Gasteiger partial charge in [-0.05, 0) is 30.7 Å². The number of carbonyl (C=O) groups excluding carboxylic acids is 2. The number of carbonyl (C=O) groups is 2. The summed E-state index contributed by atoms with van der Waals surface area (Å²) in [7, 11) is 1.59. The van der Waals surface area contributed by atoms with E-state index in [1.807, 2.05) is 24.3 Å². The van der Waals surface area contributed by atoms with Crippen LogP contribution in [0.4, 0.5) is 0 Å². The Labute approximate surface area is 146 Å². The van der Waals surface area contributed by atoms with Gasteiger partial charge in [0.25, 0.3) is 5.91 Å². The molecule has 0 fully saturated rings. The Balaban J connectivity index is 1.67. The van der Waals surface area contributed by atoms with Gasteiger partial charge in [-0.25, -0.2) is 0 Å². The summed E-state index contributed by atoms with van der Waals surface area (Å²) in [5.41, 5.74) is 1.36. The van der Waals surface area contributed by atoms with Gasteiger partial charge < -0.3 is 15.4 Å². The number of ether oxygens (including phenoxy) is 1. The van der Waals surface area contributed by atoms with Crippen LogP contribution < -0.4 is 15.4 Å². The third-order valence-electron chi connectivity index (χ3n) is 3.42. The first-order valence-electron chi connectivity index (χ1n) is 7.98. The zero-order chi connectivity index (χ0) is 17.9. The molecule has 1 aromatic heterocycles. The fraction of sp³-hybridized carbons (Fsp3) is 0.211. The molecule has 0 spiro atoms. The van der Waals surface area contributed by atoms with E-state index in [1.165, 1.54) is 12.3 Å². The van der Waals surface area contributed by atoms with Crippen molar-refractivity contribution in [3.63, 3.8) is 0 Å². The van der Waals surface area contributed by atoms with Crippen LogP contribution >= 0.6 is 0 Å². The molecule has 2 N–H and O–H groups in total. The van der Waals surface area contributed by atoms with E-state index in [1.54, 1.807) is 31.5 Å². The molecule has 0 aliphatic carbocycles. The van der Waals surface area contributed by atoms with Crippen LogP contribution in [0.15, 0.2) is 54.9 Å². The van der Waals surface area contributed by atoms with E-state index in [0.717, 1.165) is 5.56 Å². The lowest BCUT2D eigenvalue weighted by molar-refractivity contribution is -0.116. The molecule has 0 bridgehead atoms. The molecular formula is C19H21N3O3. The van der Waals surface area contributed by atoms with Gasteiger partial charge in [0.1, 0.15) is 5.75 Å². The smallest absolute Gasteiger partial charge is 0.252 e. The average Bonchev–Trinajstić information content (AvgIpc) is 2.66. The molecule has 0 unspecified atom stereocenters. The molecule has 0 radical (unpaired) electrons. The van der Waals surface area contributed by atoms with Crippen LogP contribution in [0, 0.1) is 0 Å². The molecule has 6 heteroatoms. The van der Waals surface area contributed by atoms with E-state index < -0.39 is 0 Å². The number of nitrogens with one attached hydrogen (secondary N) is 2. The maximum atomic E-state index is 11.8. The molecule has 0 aliphatic rings. The first-order chi connectivity index (χ1) is 12.2. The number of hydrogen-bond acceptors (Lipinski definition) is 4. The number of rotatable bonds is 8. The molecular weight excluding hydrogens is 318 g/mol. The highest BCUT2D eigenvalue weighted by Crippen LogP contribution is 2.18. The van der Waals surface area contributed by atoms with Crippen molar-refractivity contribution in [3.8, 4) is 5.75 Å². The lowest BCUT2D eigenvalue weighted by Crippen LogP contribution is -2.29. The van der Waals surface area contributed by atoms with Crippen LogP contribution in [0.5, 0.6) is 5.75 Å². The van der Waals surface area contributed by atoms with E-state index in [2.05, 4.69) is 15.6 Å². The summed E-state index contributed by atoms with van der Waals surface area (Å²) in [6.07, 6.45) is 6.94. The van der Waals surface area contributed by atoms with Gasteiger partial charge in [0.2, 0.25) is 5.91 Å². The highest BCUT2D eigenvalue weighted by atomic mass is 16.5. The molecule has 6 nitrogen and oxygen atoms in total. The van der Waals surface area contributed by atoms with E-state index in [-0.39, 0.29) is 11.8 Å². The van der Waals surface area contributed by atoms with Gasteiger partial charge in [0, 0.05) is 37.1 Å². The van der Waals surface area contributed by atoms with Crippen molar-refractivity contribution in [2.24, 2.45) is 0 Å². The highest BCUT2D eigenvalue weighted by Gasteiger charge is 2.04. The van der Waals surface area contributed by atoms with Gasteiger partial charge in [-0.1, -0.05) is 18.2 Å². The van der Waals surface area contributed by atoms with Crippen LogP contribution in [-0.2, 0) is 4.79 Å².